The highest BCUT2D eigenvalue weighted by molar-refractivity contribution is 5.32. The zero-order chi connectivity index (χ0) is 12.5. The van der Waals surface area contributed by atoms with Crippen LogP contribution in [-0.4, -0.2) is 14.7 Å². The van der Waals surface area contributed by atoms with Gasteiger partial charge in [-0.3, -0.25) is 0 Å². The number of benzene rings is 1. The van der Waals surface area contributed by atoms with Gasteiger partial charge in [0.2, 0.25) is 0 Å². The topological polar surface area (TPSA) is 38.0 Å². The summed E-state index contributed by atoms with van der Waals surface area (Å²) >= 11 is 0. The van der Waals surface area contributed by atoms with Crippen LogP contribution in [0.15, 0.2) is 36.7 Å². The molecule has 0 aliphatic heterocycles. The van der Waals surface area contributed by atoms with Crippen molar-refractivity contribution in [3.05, 3.63) is 53.6 Å². The summed E-state index contributed by atoms with van der Waals surface area (Å²) in [6.07, 6.45) is 5.14. The van der Waals surface area contributed by atoms with Gasteiger partial charge in [-0.15, -0.1) is 0 Å². The van der Waals surface area contributed by atoms with Crippen molar-refractivity contribution in [2.75, 3.05) is 0 Å². The second-order valence-corrected chi connectivity index (χ2v) is 4.95. The monoisotopic (exact) mass is 242 g/mol. The van der Waals surface area contributed by atoms with Crippen LogP contribution in [0, 0.1) is 5.92 Å². The van der Waals surface area contributed by atoms with Crippen molar-refractivity contribution >= 4 is 0 Å². The Morgan fingerprint density at radius 2 is 2.00 bits per heavy atom. The summed E-state index contributed by atoms with van der Waals surface area (Å²) < 4.78 is 2.02. The zero-order valence-corrected chi connectivity index (χ0v) is 10.6. The van der Waals surface area contributed by atoms with E-state index in [4.69, 9.17) is 0 Å². The number of aromatic nitrogens is 2. The lowest BCUT2D eigenvalue weighted by molar-refractivity contribution is 0.101. The molecule has 1 aliphatic rings. The molecule has 94 valence electrons. The van der Waals surface area contributed by atoms with Crippen molar-refractivity contribution in [2.45, 2.75) is 32.4 Å². The molecule has 1 heterocycles. The van der Waals surface area contributed by atoms with E-state index >= 15 is 0 Å². The van der Waals surface area contributed by atoms with Gasteiger partial charge >= 0.3 is 0 Å². The maximum atomic E-state index is 10.5. The van der Waals surface area contributed by atoms with Gasteiger partial charge in [0.05, 0.1) is 0 Å². The van der Waals surface area contributed by atoms with E-state index in [2.05, 4.69) is 36.2 Å². The normalized spacial score (nSPS) is 16.8. The van der Waals surface area contributed by atoms with Crippen LogP contribution in [0.3, 0.4) is 0 Å². The van der Waals surface area contributed by atoms with Crippen molar-refractivity contribution < 1.29 is 5.11 Å². The maximum absolute atomic E-state index is 10.5. The van der Waals surface area contributed by atoms with Gasteiger partial charge in [0.25, 0.3) is 0 Å². The molecule has 1 aromatic carbocycles. The number of aliphatic hydroxyl groups excluding tert-OH is 1. The van der Waals surface area contributed by atoms with Crippen molar-refractivity contribution in [1.29, 1.82) is 0 Å². The predicted molar refractivity (Wildman–Crippen MR) is 70.2 cm³/mol. The quantitative estimate of drug-likeness (QED) is 0.897. The predicted octanol–water partition coefficient (Wildman–Crippen LogP) is 2.35. The third-order valence-corrected chi connectivity index (χ3v) is 3.88. The molecule has 0 fully saturated rings. The molecular weight excluding hydrogens is 224 g/mol. The number of fused-ring (bicyclic) bond motifs is 1. The Morgan fingerprint density at radius 1 is 1.33 bits per heavy atom. The summed E-state index contributed by atoms with van der Waals surface area (Å²) in [5.74, 6) is 1.06. The van der Waals surface area contributed by atoms with Gasteiger partial charge in [-0.05, 0) is 30.9 Å². The first-order chi connectivity index (χ1) is 8.79. The molecule has 0 bridgehead atoms. The Bertz CT molecular complexity index is 522. The highest BCUT2D eigenvalue weighted by Crippen LogP contribution is 2.34. The lowest BCUT2D eigenvalue weighted by atomic mass is 9.98. The van der Waals surface area contributed by atoms with Crippen LogP contribution in [-0.2, 0) is 19.4 Å². The third kappa shape index (κ3) is 1.85. The number of hydrogen-bond acceptors (Lipinski definition) is 2. The average molecular weight is 242 g/mol. The molecule has 1 N–H and O–H groups in total. The molecule has 1 aromatic heterocycles. The van der Waals surface area contributed by atoms with Crippen LogP contribution in [0.2, 0.25) is 0 Å². The van der Waals surface area contributed by atoms with Crippen molar-refractivity contribution in [1.82, 2.24) is 9.55 Å². The summed E-state index contributed by atoms with van der Waals surface area (Å²) in [5, 5.41) is 10.5. The first-order valence-corrected chi connectivity index (χ1v) is 6.55. The van der Waals surface area contributed by atoms with E-state index in [-0.39, 0.29) is 5.92 Å². The minimum absolute atomic E-state index is 0.259. The molecule has 1 unspecified atom stereocenters. The summed E-state index contributed by atoms with van der Waals surface area (Å²) in [4.78, 5) is 4.31. The SMILES string of the molecule is CCn1ccnc1C(O)C1Cc2ccccc2C1. The fraction of sp³-hybridized carbons (Fsp3) is 0.400. The Morgan fingerprint density at radius 3 is 2.61 bits per heavy atom. The highest BCUT2D eigenvalue weighted by Gasteiger charge is 2.30. The van der Waals surface area contributed by atoms with Crippen LogP contribution in [0.4, 0.5) is 0 Å². The largest absolute Gasteiger partial charge is 0.385 e. The molecule has 1 aliphatic carbocycles. The van der Waals surface area contributed by atoms with Crippen molar-refractivity contribution in [3.63, 3.8) is 0 Å². The smallest absolute Gasteiger partial charge is 0.137 e. The molecule has 18 heavy (non-hydrogen) atoms. The van der Waals surface area contributed by atoms with E-state index in [9.17, 15) is 5.11 Å². The summed E-state index contributed by atoms with van der Waals surface area (Å²) in [6.45, 7) is 2.92. The van der Waals surface area contributed by atoms with Gasteiger partial charge in [0.1, 0.15) is 11.9 Å². The van der Waals surface area contributed by atoms with Gasteiger partial charge in [0, 0.05) is 24.9 Å². The number of aliphatic hydroxyl groups is 1. The molecule has 0 spiro atoms. The standard InChI is InChI=1S/C15H18N2O/c1-2-17-8-7-16-15(17)14(18)13-9-11-5-3-4-6-12(11)10-13/h3-8,13-14,18H,2,9-10H2,1H3. The molecule has 0 saturated carbocycles. The summed E-state index contributed by atoms with van der Waals surface area (Å²) in [6, 6.07) is 8.46. The van der Waals surface area contributed by atoms with Crippen molar-refractivity contribution in [3.8, 4) is 0 Å². The molecule has 1 atom stereocenters. The van der Waals surface area contributed by atoms with Gasteiger partial charge in [-0.25, -0.2) is 4.98 Å². The number of imidazole rings is 1. The van der Waals surface area contributed by atoms with E-state index in [1.165, 1.54) is 11.1 Å². The fourth-order valence-electron chi connectivity index (χ4n) is 2.88. The van der Waals surface area contributed by atoms with Gasteiger partial charge in [0.15, 0.2) is 0 Å². The highest BCUT2D eigenvalue weighted by atomic mass is 16.3. The first-order valence-electron chi connectivity index (χ1n) is 6.55. The number of hydrogen-bond donors (Lipinski definition) is 1. The maximum Gasteiger partial charge on any atom is 0.137 e. The van der Waals surface area contributed by atoms with E-state index in [1.807, 2.05) is 10.8 Å². The Kier molecular flexibility index (Phi) is 2.92. The zero-order valence-electron chi connectivity index (χ0n) is 10.6. The lowest BCUT2D eigenvalue weighted by Crippen LogP contribution is -2.17. The van der Waals surface area contributed by atoms with E-state index in [1.54, 1.807) is 6.20 Å². The molecule has 2 aromatic rings. The molecule has 3 heteroatoms. The molecule has 0 amide bonds. The van der Waals surface area contributed by atoms with Crippen LogP contribution in [0.5, 0.6) is 0 Å². The molecule has 0 radical (unpaired) electrons. The molecule has 3 nitrogen and oxygen atoms in total. The van der Waals surface area contributed by atoms with Crippen LogP contribution < -0.4 is 0 Å². The molecule has 0 saturated heterocycles. The number of nitrogens with zero attached hydrogens (tertiary/aromatic N) is 2. The van der Waals surface area contributed by atoms with E-state index in [0.29, 0.717) is 0 Å². The molecular formula is C15H18N2O. The Hall–Kier alpha value is -1.61. The Balaban J connectivity index is 1.82. The summed E-state index contributed by atoms with van der Waals surface area (Å²) in [5.41, 5.74) is 2.74. The fourth-order valence-corrected chi connectivity index (χ4v) is 2.88. The minimum atomic E-state index is -0.465. The second kappa shape index (κ2) is 4.58. The molecule has 3 rings (SSSR count). The van der Waals surface area contributed by atoms with E-state index < -0.39 is 6.10 Å². The number of aryl methyl sites for hydroxylation is 1. The summed E-state index contributed by atoms with van der Waals surface area (Å²) in [7, 11) is 0. The van der Waals surface area contributed by atoms with E-state index in [0.717, 1.165) is 25.2 Å². The van der Waals surface area contributed by atoms with Crippen LogP contribution >= 0.6 is 0 Å². The van der Waals surface area contributed by atoms with Crippen LogP contribution in [0.25, 0.3) is 0 Å². The van der Waals surface area contributed by atoms with Crippen LogP contribution in [0.1, 0.15) is 30.0 Å². The third-order valence-electron chi connectivity index (χ3n) is 3.88. The van der Waals surface area contributed by atoms with Gasteiger partial charge < -0.3 is 9.67 Å². The van der Waals surface area contributed by atoms with Gasteiger partial charge in [-0.1, -0.05) is 24.3 Å². The van der Waals surface area contributed by atoms with Gasteiger partial charge in [-0.2, -0.15) is 0 Å². The minimum Gasteiger partial charge on any atom is -0.385 e. The average Bonchev–Trinajstić information content (AvgIpc) is 3.03. The number of rotatable bonds is 3. The lowest BCUT2D eigenvalue weighted by Gasteiger charge is -2.18. The first kappa shape index (κ1) is 11.5. The Labute approximate surface area is 107 Å². The second-order valence-electron chi connectivity index (χ2n) is 4.95. The van der Waals surface area contributed by atoms with Crippen molar-refractivity contribution in [2.24, 2.45) is 5.92 Å².